The fourth-order valence-corrected chi connectivity index (χ4v) is 0.653. The molecule has 52 valence electrons. The summed E-state index contributed by atoms with van der Waals surface area (Å²) in [6.45, 7) is 0. The Labute approximate surface area is 60.6 Å². The largest absolute Gasteiger partial charge is 0.379 e. The Kier molecular flexibility index (Phi) is 2.49. The van der Waals surface area contributed by atoms with Crippen molar-refractivity contribution in [1.29, 1.82) is 0 Å². The minimum Gasteiger partial charge on any atom is -0.379 e. The van der Waals surface area contributed by atoms with E-state index in [9.17, 15) is 0 Å². The van der Waals surface area contributed by atoms with E-state index in [-0.39, 0.29) is 0 Å². The van der Waals surface area contributed by atoms with Crippen molar-refractivity contribution in [3.05, 3.63) is 30.3 Å². The molecule has 0 amide bonds. The van der Waals surface area contributed by atoms with Crippen molar-refractivity contribution in [2.45, 2.75) is 0 Å². The van der Waals surface area contributed by atoms with E-state index in [1.54, 1.807) is 6.34 Å². The van der Waals surface area contributed by atoms with Crippen molar-refractivity contribution >= 4 is 12.0 Å². The lowest BCUT2D eigenvalue weighted by Gasteiger charge is -1.89. The number of rotatable bonds is 2. The average molecular weight is 134 g/mol. The van der Waals surface area contributed by atoms with Crippen LogP contribution < -0.4 is 5.32 Å². The van der Waals surface area contributed by atoms with Gasteiger partial charge in [-0.2, -0.15) is 0 Å². The summed E-state index contributed by atoms with van der Waals surface area (Å²) >= 11 is 0. The predicted molar refractivity (Wildman–Crippen MR) is 43.7 cm³/mol. The number of hydrogen-bond donors (Lipinski definition) is 1. The Morgan fingerprint density at radius 3 is 2.60 bits per heavy atom. The summed E-state index contributed by atoms with van der Waals surface area (Å²) in [7, 11) is 1.83. The van der Waals surface area contributed by atoms with Crippen molar-refractivity contribution in [3.8, 4) is 0 Å². The number of nitrogens with one attached hydrogen (secondary N) is 1. The van der Waals surface area contributed by atoms with Crippen LogP contribution in [0.5, 0.6) is 0 Å². The van der Waals surface area contributed by atoms with Gasteiger partial charge in [-0.3, -0.25) is 0 Å². The number of aliphatic imine (C=N–C) groups is 1. The van der Waals surface area contributed by atoms with Crippen LogP contribution in [0.25, 0.3) is 0 Å². The van der Waals surface area contributed by atoms with Gasteiger partial charge in [0.25, 0.3) is 0 Å². The molecular formula is C8H10N2. The molecule has 0 aliphatic carbocycles. The Morgan fingerprint density at radius 2 is 2.00 bits per heavy atom. The van der Waals surface area contributed by atoms with Crippen molar-refractivity contribution in [1.82, 2.24) is 5.32 Å². The highest BCUT2D eigenvalue weighted by Gasteiger charge is 1.79. The standard InChI is InChI=1S/C8H10N2/c1-9-7-10-8-5-3-2-4-6-8/h2-7H,1H3,(H,9,10). The molecule has 1 rings (SSSR count). The van der Waals surface area contributed by atoms with Crippen LogP contribution in [-0.2, 0) is 0 Å². The van der Waals surface area contributed by atoms with Gasteiger partial charge in [0.05, 0.1) is 12.0 Å². The van der Waals surface area contributed by atoms with Crippen molar-refractivity contribution in [2.75, 3.05) is 7.05 Å². The molecule has 1 aromatic carbocycles. The molecule has 10 heavy (non-hydrogen) atoms. The van der Waals surface area contributed by atoms with Gasteiger partial charge in [-0.15, -0.1) is 0 Å². The molecule has 0 bridgehead atoms. The van der Waals surface area contributed by atoms with Gasteiger partial charge in [0, 0.05) is 7.05 Å². The first kappa shape index (κ1) is 6.81. The number of benzene rings is 1. The number of hydrogen-bond acceptors (Lipinski definition) is 1. The third-order valence-corrected chi connectivity index (χ3v) is 1.10. The number of nitrogens with zero attached hydrogens (tertiary/aromatic N) is 1. The van der Waals surface area contributed by atoms with Crippen LogP contribution in [0.1, 0.15) is 0 Å². The maximum atomic E-state index is 4.09. The van der Waals surface area contributed by atoms with Crippen LogP contribution in [0, 0.1) is 0 Å². The van der Waals surface area contributed by atoms with Crippen molar-refractivity contribution in [2.24, 2.45) is 4.99 Å². The second-order valence-corrected chi connectivity index (χ2v) is 1.88. The lowest BCUT2D eigenvalue weighted by Crippen LogP contribution is -1.99. The summed E-state index contributed by atoms with van der Waals surface area (Å²) in [5, 5.41) is 2.82. The smallest absolute Gasteiger partial charge is 0.0883 e. The number of para-hydroxylation sites is 1. The highest BCUT2D eigenvalue weighted by Crippen LogP contribution is 2.07. The SMILES string of the molecule is CNC=Nc1ccccc1. The fraction of sp³-hybridized carbons (Fsp3) is 0.125. The van der Waals surface area contributed by atoms with E-state index < -0.39 is 0 Å². The molecule has 0 fully saturated rings. The second kappa shape index (κ2) is 3.67. The Bertz CT molecular complexity index is 204. The van der Waals surface area contributed by atoms with E-state index in [2.05, 4.69) is 10.3 Å². The highest BCUT2D eigenvalue weighted by atomic mass is 14.9. The molecular weight excluding hydrogens is 124 g/mol. The quantitative estimate of drug-likeness (QED) is 0.482. The van der Waals surface area contributed by atoms with Gasteiger partial charge < -0.3 is 5.32 Å². The van der Waals surface area contributed by atoms with E-state index in [1.807, 2.05) is 37.4 Å². The molecule has 0 spiro atoms. The Morgan fingerprint density at radius 1 is 1.30 bits per heavy atom. The maximum absolute atomic E-state index is 4.09. The minimum atomic E-state index is 0.969. The first-order valence-corrected chi connectivity index (χ1v) is 3.18. The molecule has 1 N–H and O–H groups in total. The van der Waals surface area contributed by atoms with E-state index in [0.29, 0.717) is 0 Å². The van der Waals surface area contributed by atoms with Gasteiger partial charge in [0.2, 0.25) is 0 Å². The van der Waals surface area contributed by atoms with Gasteiger partial charge in [-0.1, -0.05) is 18.2 Å². The first-order chi connectivity index (χ1) is 4.93. The lowest BCUT2D eigenvalue weighted by atomic mass is 10.3. The van der Waals surface area contributed by atoms with Crippen LogP contribution in [0.15, 0.2) is 35.3 Å². The summed E-state index contributed by atoms with van der Waals surface area (Å²) < 4.78 is 0. The lowest BCUT2D eigenvalue weighted by molar-refractivity contribution is 1.21. The monoisotopic (exact) mass is 134 g/mol. The summed E-state index contributed by atoms with van der Waals surface area (Å²) in [5.74, 6) is 0. The molecule has 0 aliphatic rings. The topological polar surface area (TPSA) is 24.4 Å². The molecule has 0 unspecified atom stereocenters. The summed E-state index contributed by atoms with van der Waals surface area (Å²) in [6, 6.07) is 9.80. The second-order valence-electron chi connectivity index (χ2n) is 1.88. The zero-order valence-electron chi connectivity index (χ0n) is 5.91. The van der Waals surface area contributed by atoms with Crippen molar-refractivity contribution in [3.63, 3.8) is 0 Å². The van der Waals surface area contributed by atoms with E-state index in [4.69, 9.17) is 0 Å². The maximum Gasteiger partial charge on any atom is 0.0883 e. The van der Waals surface area contributed by atoms with Gasteiger partial charge in [0.1, 0.15) is 0 Å². The molecule has 0 saturated heterocycles. The zero-order chi connectivity index (χ0) is 7.23. The highest BCUT2D eigenvalue weighted by molar-refractivity contribution is 5.60. The van der Waals surface area contributed by atoms with Gasteiger partial charge in [-0.05, 0) is 12.1 Å². The Hall–Kier alpha value is -1.31. The van der Waals surface area contributed by atoms with E-state index in [1.165, 1.54) is 0 Å². The zero-order valence-corrected chi connectivity index (χ0v) is 5.91. The molecule has 0 aliphatic heterocycles. The van der Waals surface area contributed by atoms with Crippen LogP contribution >= 0.6 is 0 Å². The van der Waals surface area contributed by atoms with E-state index >= 15 is 0 Å². The third-order valence-electron chi connectivity index (χ3n) is 1.10. The molecule has 0 aromatic heterocycles. The van der Waals surface area contributed by atoms with Crippen LogP contribution in [0.4, 0.5) is 5.69 Å². The molecule has 0 heterocycles. The predicted octanol–water partition coefficient (Wildman–Crippen LogP) is 1.57. The minimum absolute atomic E-state index is 0.969. The van der Waals surface area contributed by atoms with Crippen LogP contribution in [0.2, 0.25) is 0 Å². The van der Waals surface area contributed by atoms with Crippen LogP contribution in [-0.4, -0.2) is 13.4 Å². The fourth-order valence-electron chi connectivity index (χ4n) is 0.653. The molecule has 0 saturated carbocycles. The Balaban J connectivity index is 2.67. The first-order valence-electron chi connectivity index (χ1n) is 3.18. The summed E-state index contributed by atoms with van der Waals surface area (Å²) in [6.07, 6.45) is 1.66. The molecule has 2 nitrogen and oxygen atoms in total. The van der Waals surface area contributed by atoms with E-state index in [0.717, 1.165) is 5.69 Å². The summed E-state index contributed by atoms with van der Waals surface area (Å²) in [4.78, 5) is 4.09. The van der Waals surface area contributed by atoms with Gasteiger partial charge in [0.15, 0.2) is 0 Å². The van der Waals surface area contributed by atoms with Crippen molar-refractivity contribution < 1.29 is 0 Å². The van der Waals surface area contributed by atoms with Gasteiger partial charge >= 0.3 is 0 Å². The average Bonchev–Trinajstić information content (AvgIpc) is 2.03. The molecule has 0 radical (unpaired) electrons. The molecule has 1 aromatic rings. The van der Waals surface area contributed by atoms with Crippen LogP contribution in [0.3, 0.4) is 0 Å². The molecule has 2 heteroatoms. The molecule has 0 atom stereocenters. The summed E-state index contributed by atoms with van der Waals surface area (Å²) in [5.41, 5.74) is 0.969. The normalized spacial score (nSPS) is 10.1. The van der Waals surface area contributed by atoms with Gasteiger partial charge in [-0.25, -0.2) is 4.99 Å². The third kappa shape index (κ3) is 1.90.